The van der Waals surface area contributed by atoms with Crippen molar-refractivity contribution in [2.75, 3.05) is 81.3 Å². The van der Waals surface area contributed by atoms with Crippen molar-refractivity contribution in [3.05, 3.63) is 120 Å². The summed E-state index contributed by atoms with van der Waals surface area (Å²) in [5.74, 6) is -1.48. The summed E-state index contributed by atoms with van der Waals surface area (Å²) in [6, 6.07) is 13.4. The van der Waals surface area contributed by atoms with Gasteiger partial charge in [0.05, 0.1) is 48.7 Å². The average Bonchev–Trinajstić information content (AvgIpc) is 3.30. The number of carbonyl (C=O) groups is 4. The molecule has 32 heteroatoms. The summed E-state index contributed by atoms with van der Waals surface area (Å²) in [7, 11) is -5.97. The van der Waals surface area contributed by atoms with Crippen molar-refractivity contribution in [2.24, 2.45) is 0 Å². The van der Waals surface area contributed by atoms with Crippen LogP contribution in [0.4, 0.5) is 26.3 Å². The Balaban J connectivity index is -0.000000376. The number of pyridine rings is 4. The molecule has 0 amide bonds. The molecule has 4 heterocycles. The molecule has 400 valence electrons. The molecule has 0 saturated carbocycles. The summed E-state index contributed by atoms with van der Waals surface area (Å²) in [5, 5.41) is 0. The molecular weight excluding hydrogens is 1190 g/mol. The maximum absolute atomic E-state index is 11.2. The fourth-order valence-electron chi connectivity index (χ4n) is 3.14. The number of alkyl halides is 6. The van der Waals surface area contributed by atoms with Crippen LogP contribution >= 0.6 is 0 Å². The molecule has 0 aliphatic rings. The van der Waals surface area contributed by atoms with E-state index in [0.29, 0.717) is 48.7 Å². The molecule has 4 aromatic heterocycles. The van der Waals surface area contributed by atoms with E-state index < -0.39 is 31.3 Å². The van der Waals surface area contributed by atoms with Crippen LogP contribution in [0.3, 0.4) is 0 Å². The Labute approximate surface area is 428 Å². The van der Waals surface area contributed by atoms with Crippen LogP contribution in [0.15, 0.2) is 98.1 Å². The van der Waals surface area contributed by atoms with E-state index in [4.69, 9.17) is 63.8 Å². The van der Waals surface area contributed by atoms with Gasteiger partial charge >= 0.3 is 79.7 Å². The zero-order chi connectivity index (χ0) is 52.1. The summed E-state index contributed by atoms with van der Waals surface area (Å²) in [6.07, 6.45) is 12.3. The summed E-state index contributed by atoms with van der Waals surface area (Å²) in [6.45, 7) is 2.71. The number of hydrogen-bond acceptors (Lipinski definition) is 22. The van der Waals surface area contributed by atoms with E-state index >= 15 is 0 Å². The second kappa shape index (κ2) is 40.9. The number of carbonyl (C=O) groups excluding carboxylic acids is 4. The Kier molecular flexibility index (Phi) is 41.9. The van der Waals surface area contributed by atoms with Crippen molar-refractivity contribution >= 4 is 44.1 Å². The molecule has 22 nitrogen and oxygen atoms in total. The molecule has 4 rings (SSSR count). The van der Waals surface area contributed by atoms with E-state index in [9.17, 15) is 45.5 Å². The van der Waals surface area contributed by atoms with Crippen LogP contribution in [-0.2, 0) is 103 Å². The Hall–Kier alpha value is -4.80. The number of hydrogen-bond donors (Lipinski definition) is 0. The minimum Gasteiger partial charge on any atom is -0.741 e. The van der Waals surface area contributed by atoms with Gasteiger partial charge in [-0.1, -0.05) is 0 Å². The molecule has 0 bridgehead atoms. The first-order chi connectivity index (χ1) is 31.9. The minimum absolute atomic E-state index is 0. The Morgan fingerprint density at radius 3 is 0.714 bits per heavy atom. The third kappa shape index (κ3) is 37.1. The van der Waals surface area contributed by atoms with Gasteiger partial charge in [0.15, 0.2) is 20.2 Å². The predicted octanol–water partition coefficient (Wildman–Crippen LogP) is 3.64. The molecule has 70 heavy (non-hydrogen) atoms. The second-order valence-corrected chi connectivity index (χ2v) is 14.0. The van der Waals surface area contributed by atoms with Crippen LogP contribution in [0.2, 0.25) is 0 Å². The molecule has 0 aromatic carbocycles. The second-order valence-electron chi connectivity index (χ2n) is 11.3. The van der Waals surface area contributed by atoms with Crippen LogP contribution in [0.1, 0.15) is 41.4 Å². The van der Waals surface area contributed by atoms with Crippen molar-refractivity contribution < 1.29 is 154 Å². The first-order valence-corrected chi connectivity index (χ1v) is 21.0. The van der Waals surface area contributed by atoms with Crippen molar-refractivity contribution in [3.63, 3.8) is 0 Å². The van der Waals surface area contributed by atoms with E-state index in [0.717, 1.165) is 0 Å². The fraction of sp³-hybridized carbons (Fsp3) is 0.368. The zero-order valence-corrected chi connectivity index (χ0v) is 41.3. The summed E-state index contributed by atoms with van der Waals surface area (Å²) < 4.78 is 156. The molecule has 0 fully saturated rings. The quantitative estimate of drug-likeness (QED) is 0.0294. The first-order valence-electron chi connectivity index (χ1n) is 18.2. The van der Waals surface area contributed by atoms with Gasteiger partial charge in [-0.2, -0.15) is 26.3 Å². The number of halogens is 6. The smallest absolute Gasteiger partial charge is 0.741 e. The van der Waals surface area contributed by atoms with Gasteiger partial charge in [0, 0.05) is 78.0 Å². The van der Waals surface area contributed by atoms with Gasteiger partial charge in [0.1, 0.15) is 26.4 Å². The van der Waals surface area contributed by atoms with Gasteiger partial charge in [-0.05, 0) is 48.5 Å². The van der Waals surface area contributed by atoms with E-state index in [1.165, 1.54) is 24.8 Å². The van der Waals surface area contributed by atoms with Gasteiger partial charge < -0.3 is 47.0 Å². The fourth-order valence-corrected chi connectivity index (χ4v) is 3.14. The van der Waals surface area contributed by atoms with E-state index in [-0.39, 0.29) is 95.1 Å². The molecule has 0 unspecified atom stereocenters. The van der Waals surface area contributed by atoms with Crippen molar-refractivity contribution in [2.45, 2.75) is 11.0 Å². The van der Waals surface area contributed by atoms with Crippen molar-refractivity contribution in [1.82, 2.24) is 19.9 Å². The number of rotatable bonds is 16. The van der Waals surface area contributed by atoms with Gasteiger partial charge in [-0.15, -0.1) is 0 Å². The largest absolute Gasteiger partial charge is 1.00 e. The van der Waals surface area contributed by atoms with Gasteiger partial charge in [-0.25, -0.2) is 36.0 Å². The maximum Gasteiger partial charge on any atom is 1.00 e. The Morgan fingerprint density at radius 2 is 0.600 bits per heavy atom. The normalized spacial score (nSPS) is 10.3. The van der Waals surface area contributed by atoms with E-state index in [1.54, 1.807) is 102 Å². The third-order valence-corrected chi connectivity index (χ3v) is 7.37. The third-order valence-electron chi connectivity index (χ3n) is 6.24. The molecule has 0 spiro atoms. The van der Waals surface area contributed by atoms with Crippen LogP contribution < -0.4 is 0 Å². The summed E-state index contributed by atoms with van der Waals surface area (Å²) >= 11 is 0. The number of ether oxygens (including phenoxy) is 8. The Morgan fingerprint density at radius 1 is 0.429 bits per heavy atom. The number of methoxy groups -OCH3 is 4. The van der Waals surface area contributed by atoms with Crippen molar-refractivity contribution in [3.8, 4) is 0 Å². The van der Waals surface area contributed by atoms with Gasteiger partial charge in [-0.3, -0.25) is 19.9 Å². The molecule has 0 aliphatic heterocycles. The topological polar surface area (TPSA) is 308 Å². The average molecular weight is 1240 g/mol. The standard InChI is InChI=1S/4C9H11NO3.2CHF3O3S.2Ag/c4*1-12-5-6-13-9(11)8-3-2-4-10-7-8;2*2-1(3,4)8(5,6)7;;/h4*2-4,7H,5-6H2,1H3;2*(H,5,6,7);;/q;;;;;;2*+1/p-2. The molecule has 0 saturated heterocycles. The number of nitrogens with zero attached hydrogens (tertiary/aromatic N) is 4. The summed E-state index contributed by atoms with van der Waals surface area (Å²) in [4.78, 5) is 60.0. The van der Waals surface area contributed by atoms with Gasteiger partial charge in [0.25, 0.3) is 0 Å². The zero-order valence-electron chi connectivity index (χ0n) is 36.7. The summed E-state index contributed by atoms with van der Waals surface area (Å²) in [5.41, 5.74) is -9.46. The van der Waals surface area contributed by atoms with Crippen LogP contribution in [0.25, 0.3) is 0 Å². The SMILES string of the molecule is COCCOC(=O)c1cccnc1.COCCOC(=O)c1cccnc1.COCCOC(=O)c1cccnc1.COCCOC(=O)c1cccnc1.O=S(=O)([O-])C(F)(F)F.O=S(=O)([O-])C(F)(F)F.[Ag+].[Ag+]. The van der Waals surface area contributed by atoms with Crippen molar-refractivity contribution in [1.29, 1.82) is 0 Å². The van der Waals surface area contributed by atoms with Gasteiger partial charge in [0.2, 0.25) is 0 Å². The molecule has 0 N–H and O–H groups in total. The molecule has 4 aromatic rings. The van der Waals surface area contributed by atoms with Crippen LogP contribution in [-0.4, -0.2) is 162 Å². The van der Waals surface area contributed by atoms with Crippen LogP contribution in [0, 0.1) is 0 Å². The molecule has 0 atom stereocenters. The Bertz CT molecular complexity index is 1940. The maximum atomic E-state index is 11.2. The number of esters is 4. The monoisotopic (exact) mass is 1240 g/mol. The molecule has 0 radical (unpaired) electrons. The number of aromatic nitrogens is 4. The molecule has 0 aliphatic carbocycles. The first kappa shape index (κ1) is 71.7. The van der Waals surface area contributed by atoms with Crippen LogP contribution in [0.5, 0.6) is 0 Å². The minimum atomic E-state index is -6.09. The predicted molar refractivity (Wildman–Crippen MR) is 217 cm³/mol. The van der Waals surface area contributed by atoms with E-state index in [1.807, 2.05) is 0 Å². The van der Waals surface area contributed by atoms with E-state index in [2.05, 4.69) is 19.9 Å². The molecular formula is C38H44Ag2F6N4O18S2.